The van der Waals surface area contributed by atoms with E-state index in [-0.39, 0.29) is 0 Å². The molecule has 2 aromatic rings. The average molecular weight is 255 g/mol. The Labute approximate surface area is 103 Å². The number of hydrogen-bond donors (Lipinski definition) is 1. The molecule has 0 aliphatic heterocycles. The Hall–Kier alpha value is -1.92. The topological polar surface area (TPSA) is 47.7 Å². The summed E-state index contributed by atoms with van der Waals surface area (Å²) in [6, 6.07) is 1.57. The fourth-order valence-corrected chi connectivity index (χ4v) is 1.78. The molecule has 2 heterocycles. The molecule has 0 unspecified atom stereocenters. The first-order valence-corrected chi connectivity index (χ1v) is 5.70. The molecular weight excluding hydrogens is 240 g/mol. The first kappa shape index (κ1) is 12.5. The second-order valence-corrected chi connectivity index (χ2v) is 3.86. The Morgan fingerprint density at radius 3 is 2.78 bits per heavy atom. The van der Waals surface area contributed by atoms with Crippen LogP contribution in [-0.4, -0.2) is 19.6 Å². The van der Waals surface area contributed by atoms with Crippen molar-refractivity contribution in [3.05, 3.63) is 29.8 Å². The molecule has 0 aliphatic carbocycles. The zero-order valence-electron chi connectivity index (χ0n) is 10.3. The molecule has 0 atom stereocenters. The lowest BCUT2D eigenvalue weighted by atomic mass is 10.3. The summed E-state index contributed by atoms with van der Waals surface area (Å²) in [6.45, 7) is 2.39. The predicted octanol–water partition coefficient (Wildman–Crippen LogP) is 2.42. The highest BCUT2D eigenvalue weighted by Gasteiger charge is 2.12. The average Bonchev–Trinajstić information content (AvgIpc) is 2.93. The van der Waals surface area contributed by atoms with Gasteiger partial charge in [0.25, 0.3) is 0 Å². The van der Waals surface area contributed by atoms with E-state index in [2.05, 4.69) is 15.5 Å². The van der Waals surface area contributed by atoms with E-state index in [4.69, 9.17) is 0 Å². The van der Waals surface area contributed by atoms with Crippen LogP contribution in [0, 0.1) is 6.92 Å². The zero-order valence-corrected chi connectivity index (χ0v) is 10.3. The minimum atomic E-state index is -2.61. The summed E-state index contributed by atoms with van der Waals surface area (Å²) in [4.78, 5) is 0. The molecule has 1 N–H and O–H groups in total. The molecule has 98 valence electrons. The van der Waals surface area contributed by atoms with Crippen molar-refractivity contribution >= 4 is 5.69 Å². The van der Waals surface area contributed by atoms with Crippen LogP contribution in [0.3, 0.4) is 0 Å². The molecule has 0 saturated carbocycles. The molecule has 0 saturated heterocycles. The highest BCUT2D eigenvalue weighted by Crippen LogP contribution is 2.16. The maximum Gasteiger partial charge on any atom is 0.333 e. The maximum atomic E-state index is 12.6. The number of anilines is 1. The third kappa shape index (κ3) is 2.34. The Morgan fingerprint density at radius 2 is 2.17 bits per heavy atom. The Kier molecular flexibility index (Phi) is 3.59. The second-order valence-electron chi connectivity index (χ2n) is 3.86. The number of alkyl halides is 2. The molecule has 2 rings (SSSR count). The van der Waals surface area contributed by atoms with Gasteiger partial charge in [-0.2, -0.15) is 19.0 Å². The molecule has 5 nitrogen and oxygen atoms in total. The molecule has 0 radical (unpaired) electrons. The van der Waals surface area contributed by atoms with Crippen LogP contribution >= 0.6 is 0 Å². The monoisotopic (exact) mass is 255 g/mol. The third-order valence-corrected chi connectivity index (χ3v) is 2.80. The molecule has 0 spiro atoms. The molecular formula is C11H15F2N5. The molecule has 2 aromatic heterocycles. The van der Waals surface area contributed by atoms with Gasteiger partial charge in [-0.3, -0.25) is 4.68 Å². The van der Waals surface area contributed by atoms with Gasteiger partial charge in [-0.1, -0.05) is 0 Å². The van der Waals surface area contributed by atoms with Crippen LogP contribution in [0.2, 0.25) is 0 Å². The summed E-state index contributed by atoms with van der Waals surface area (Å²) in [6.07, 6.45) is 3.06. The Balaban J connectivity index is 2.07. The Bertz CT molecular complexity index is 517. The molecule has 0 aromatic carbocycles. The fourth-order valence-electron chi connectivity index (χ4n) is 1.78. The van der Waals surface area contributed by atoms with E-state index < -0.39 is 6.55 Å². The smallest absolute Gasteiger partial charge is 0.333 e. The van der Waals surface area contributed by atoms with Crippen molar-refractivity contribution in [1.82, 2.24) is 19.6 Å². The molecule has 0 bridgehead atoms. The van der Waals surface area contributed by atoms with Crippen molar-refractivity contribution in [2.45, 2.75) is 33.5 Å². The van der Waals surface area contributed by atoms with Crippen molar-refractivity contribution in [3.63, 3.8) is 0 Å². The van der Waals surface area contributed by atoms with E-state index in [9.17, 15) is 8.78 Å². The van der Waals surface area contributed by atoms with Crippen LogP contribution in [0.5, 0.6) is 0 Å². The minimum Gasteiger partial charge on any atom is -0.377 e. The molecule has 0 aliphatic rings. The molecule has 0 amide bonds. The summed E-state index contributed by atoms with van der Waals surface area (Å²) in [5, 5.41) is 10.8. The second kappa shape index (κ2) is 5.16. The number of nitrogens with zero attached hydrogens (tertiary/aromatic N) is 4. The fraction of sp³-hybridized carbons (Fsp3) is 0.455. The van der Waals surface area contributed by atoms with E-state index >= 15 is 0 Å². The number of halogens is 2. The lowest BCUT2D eigenvalue weighted by Gasteiger charge is -2.08. The summed E-state index contributed by atoms with van der Waals surface area (Å²) in [5.74, 6) is 0. The molecule has 7 heteroatoms. The number of aryl methyl sites for hydroxylation is 1. The van der Waals surface area contributed by atoms with Gasteiger partial charge < -0.3 is 5.32 Å². The van der Waals surface area contributed by atoms with Crippen molar-refractivity contribution < 1.29 is 8.78 Å². The highest BCUT2D eigenvalue weighted by molar-refractivity contribution is 5.45. The number of aromatic nitrogens is 4. The van der Waals surface area contributed by atoms with Crippen LogP contribution < -0.4 is 5.32 Å². The van der Waals surface area contributed by atoms with Crippen LogP contribution in [0.25, 0.3) is 0 Å². The van der Waals surface area contributed by atoms with E-state index in [0.29, 0.717) is 16.9 Å². The quantitative estimate of drug-likeness (QED) is 0.892. The van der Waals surface area contributed by atoms with Crippen molar-refractivity contribution in [3.8, 4) is 0 Å². The van der Waals surface area contributed by atoms with Crippen LogP contribution in [0.15, 0.2) is 18.5 Å². The minimum absolute atomic E-state index is 0.292. The first-order valence-electron chi connectivity index (χ1n) is 5.70. The summed E-state index contributed by atoms with van der Waals surface area (Å²) in [7, 11) is 0. The van der Waals surface area contributed by atoms with E-state index in [1.54, 1.807) is 12.3 Å². The van der Waals surface area contributed by atoms with Gasteiger partial charge in [0, 0.05) is 12.7 Å². The number of rotatable bonds is 5. The largest absolute Gasteiger partial charge is 0.377 e. The number of nitrogens with one attached hydrogen (secondary N) is 1. The van der Waals surface area contributed by atoms with Gasteiger partial charge in [0.05, 0.1) is 29.8 Å². The molecule has 0 fully saturated rings. The van der Waals surface area contributed by atoms with Crippen molar-refractivity contribution in [1.29, 1.82) is 0 Å². The maximum absolute atomic E-state index is 12.6. The van der Waals surface area contributed by atoms with E-state index in [1.807, 2.05) is 18.5 Å². The highest BCUT2D eigenvalue weighted by atomic mass is 19.3. The van der Waals surface area contributed by atoms with Crippen molar-refractivity contribution in [2.75, 3.05) is 5.32 Å². The first-order chi connectivity index (χ1) is 8.63. The van der Waals surface area contributed by atoms with Gasteiger partial charge >= 0.3 is 6.55 Å². The Morgan fingerprint density at radius 1 is 1.39 bits per heavy atom. The van der Waals surface area contributed by atoms with Gasteiger partial charge in [-0.15, -0.1) is 0 Å². The predicted molar refractivity (Wildman–Crippen MR) is 63.4 cm³/mol. The standard InChI is InChI=1S/C11H15F2N5/c1-3-17-8(2)10(7-16-17)14-6-9-4-5-15-18(9)11(12)13/h4-5,7,11,14H,3,6H2,1-2H3. The number of hydrogen-bond acceptors (Lipinski definition) is 3. The summed E-state index contributed by atoms with van der Waals surface area (Å²) < 4.78 is 27.7. The zero-order chi connectivity index (χ0) is 13.1. The van der Waals surface area contributed by atoms with Crippen LogP contribution in [0.4, 0.5) is 14.5 Å². The SMILES string of the molecule is CCn1ncc(NCc2ccnn2C(F)F)c1C. The van der Waals surface area contributed by atoms with Gasteiger partial charge in [0.2, 0.25) is 0 Å². The van der Waals surface area contributed by atoms with E-state index in [0.717, 1.165) is 17.9 Å². The normalized spacial score (nSPS) is 11.2. The van der Waals surface area contributed by atoms with Gasteiger partial charge in [0.1, 0.15) is 0 Å². The van der Waals surface area contributed by atoms with Gasteiger partial charge in [0.15, 0.2) is 0 Å². The molecule has 18 heavy (non-hydrogen) atoms. The van der Waals surface area contributed by atoms with Crippen LogP contribution in [-0.2, 0) is 13.1 Å². The third-order valence-electron chi connectivity index (χ3n) is 2.80. The van der Waals surface area contributed by atoms with Crippen LogP contribution in [0.1, 0.15) is 24.9 Å². The summed E-state index contributed by atoms with van der Waals surface area (Å²) >= 11 is 0. The lowest BCUT2D eigenvalue weighted by Crippen LogP contribution is -2.10. The summed E-state index contributed by atoms with van der Waals surface area (Å²) in [5.41, 5.74) is 2.27. The van der Waals surface area contributed by atoms with Gasteiger partial charge in [-0.05, 0) is 19.9 Å². The van der Waals surface area contributed by atoms with E-state index in [1.165, 1.54) is 6.20 Å². The van der Waals surface area contributed by atoms with Crippen molar-refractivity contribution in [2.24, 2.45) is 0 Å². The van der Waals surface area contributed by atoms with Gasteiger partial charge in [-0.25, -0.2) is 4.68 Å². The lowest BCUT2D eigenvalue weighted by molar-refractivity contribution is 0.0537.